The van der Waals surface area contributed by atoms with Gasteiger partial charge < -0.3 is 5.11 Å². The van der Waals surface area contributed by atoms with E-state index in [2.05, 4.69) is 36.7 Å². The van der Waals surface area contributed by atoms with Crippen molar-refractivity contribution in [3.05, 3.63) is 34.1 Å². The third kappa shape index (κ3) is 4.53. The van der Waals surface area contributed by atoms with Gasteiger partial charge in [0.25, 0.3) is 0 Å². The van der Waals surface area contributed by atoms with Gasteiger partial charge in [0, 0.05) is 10.9 Å². The molecule has 0 spiro atoms. The Morgan fingerprint density at radius 1 is 1.24 bits per heavy atom. The lowest BCUT2D eigenvalue weighted by Crippen LogP contribution is -2.31. The second-order valence-electron chi connectivity index (χ2n) is 7.48. The van der Waals surface area contributed by atoms with E-state index in [0.29, 0.717) is 23.3 Å². The second kappa shape index (κ2) is 6.78. The molecule has 0 radical (unpaired) electrons. The highest BCUT2D eigenvalue weighted by molar-refractivity contribution is 9.10. The molecule has 0 heterocycles. The Morgan fingerprint density at radius 3 is 2.38 bits per heavy atom. The molecule has 2 rings (SSSR count). The molecule has 1 fully saturated rings. The Labute approximate surface area is 136 Å². The molecule has 1 nitrogen and oxygen atoms in total. The van der Waals surface area contributed by atoms with Gasteiger partial charge in [0.2, 0.25) is 0 Å². The fourth-order valence-corrected chi connectivity index (χ4v) is 3.78. The average molecular weight is 357 g/mol. The zero-order valence-corrected chi connectivity index (χ0v) is 14.8. The van der Waals surface area contributed by atoms with Crippen LogP contribution in [0, 0.1) is 23.1 Å². The van der Waals surface area contributed by atoms with Gasteiger partial charge in [-0.1, -0.05) is 42.8 Å². The van der Waals surface area contributed by atoms with E-state index in [9.17, 15) is 9.50 Å². The maximum atomic E-state index is 13.9. The van der Waals surface area contributed by atoms with Crippen LogP contribution in [0.1, 0.15) is 52.0 Å². The summed E-state index contributed by atoms with van der Waals surface area (Å²) in [6, 6.07) is 5.07. The molecular formula is C18H26BrFO. The molecular weight excluding hydrogens is 331 g/mol. The highest BCUT2D eigenvalue weighted by atomic mass is 79.9. The van der Waals surface area contributed by atoms with Gasteiger partial charge in [0.15, 0.2) is 0 Å². The van der Waals surface area contributed by atoms with Crippen LogP contribution >= 0.6 is 15.9 Å². The topological polar surface area (TPSA) is 20.2 Å². The first-order valence-electron chi connectivity index (χ1n) is 7.89. The fraction of sp³-hybridized carbons (Fsp3) is 0.667. The molecule has 1 saturated carbocycles. The Balaban J connectivity index is 1.92. The highest BCUT2D eigenvalue weighted by Crippen LogP contribution is 2.41. The predicted octanol–water partition coefficient (Wildman–Crippen LogP) is 5.34. The Hall–Kier alpha value is -0.410. The van der Waals surface area contributed by atoms with E-state index in [0.717, 1.165) is 23.2 Å². The quantitative estimate of drug-likeness (QED) is 0.774. The molecule has 1 unspecified atom stereocenters. The molecule has 0 bridgehead atoms. The van der Waals surface area contributed by atoms with E-state index in [-0.39, 0.29) is 5.82 Å². The minimum atomic E-state index is -0.429. The molecule has 0 amide bonds. The molecule has 1 aromatic rings. The van der Waals surface area contributed by atoms with Crippen LogP contribution < -0.4 is 0 Å². The van der Waals surface area contributed by atoms with Crippen molar-refractivity contribution < 1.29 is 9.50 Å². The normalized spacial score (nSPS) is 24.9. The minimum Gasteiger partial charge on any atom is -0.392 e. The molecule has 118 valence electrons. The van der Waals surface area contributed by atoms with Crippen LogP contribution in [-0.4, -0.2) is 11.2 Å². The van der Waals surface area contributed by atoms with E-state index in [1.165, 1.54) is 18.9 Å². The molecule has 3 heteroatoms. The third-order valence-corrected chi connectivity index (χ3v) is 5.48. The first-order valence-corrected chi connectivity index (χ1v) is 8.68. The van der Waals surface area contributed by atoms with E-state index in [1.807, 2.05) is 6.07 Å². The average Bonchev–Trinajstić information content (AvgIpc) is 2.41. The smallest absolute Gasteiger partial charge is 0.127 e. The van der Waals surface area contributed by atoms with Gasteiger partial charge >= 0.3 is 0 Å². The predicted molar refractivity (Wildman–Crippen MR) is 88.7 cm³/mol. The van der Waals surface area contributed by atoms with Crippen molar-refractivity contribution in [2.24, 2.45) is 17.3 Å². The number of aliphatic hydroxyl groups is 1. The van der Waals surface area contributed by atoms with Crippen molar-refractivity contribution in [3.63, 3.8) is 0 Å². The standard InChI is InChI=1S/C18H26BrFO/c1-18(2,3)14-7-4-12(5-8-14)17(21)10-13-6-9-15(19)11-16(13)20/h6,9,11-12,14,17,21H,4-5,7-8,10H2,1-3H3. The molecule has 1 aromatic carbocycles. The van der Waals surface area contributed by atoms with Gasteiger partial charge in [-0.3, -0.25) is 0 Å². The summed E-state index contributed by atoms with van der Waals surface area (Å²) in [5, 5.41) is 10.4. The SMILES string of the molecule is CC(C)(C)C1CCC(C(O)Cc2ccc(Br)cc2F)CC1. The number of benzene rings is 1. The minimum absolute atomic E-state index is 0.230. The van der Waals surface area contributed by atoms with Crippen molar-refractivity contribution >= 4 is 15.9 Å². The van der Waals surface area contributed by atoms with Crippen molar-refractivity contribution in [1.82, 2.24) is 0 Å². The molecule has 21 heavy (non-hydrogen) atoms. The summed E-state index contributed by atoms with van der Waals surface area (Å²) >= 11 is 3.26. The Morgan fingerprint density at radius 2 is 1.86 bits per heavy atom. The van der Waals surface area contributed by atoms with Crippen LogP contribution in [-0.2, 0) is 6.42 Å². The van der Waals surface area contributed by atoms with Gasteiger partial charge in [-0.15, -0.1) is 0 Å². The largest absolute Gasteiger partial charge is 0.392 e. The lowest BCUT2D eigenvalue weighted by atomic mass is 9.68. The fourth-order valence-electron chi connectivity index (χ4n) is 3.45. The van der Waals surface area contributed by atoms with Crippen LogP contribution in [0.15, 0.2) is 22.7 Å². The Bertz CT molecular complexity index is 473. The second-order valence-corrected chi connectivity index (χ2v) is 8.40. The highest BCUT2D eigenvalue weighted by Gasteiger charge is 2.32. The molecule has 0 aromatic heterocycles. The van der Waals surface area contributed by atoms with Gasteiger partial charge in [0.1, 0.15) is 5.82 Å². The number of rotatable bonds is 3. The van der Waals surface area contributed by atoms with E-state index in [1.54, 1.807) is 6.07 Å². The van der Waals surface area contributed by atoms with E-state index in [4.69, 9.17) is 0 Å². The van der Waals surface area contributed by atoms with Crippen molar-refractivity contribution in [1.29, 1.82) is 0 Å². The zero-order valence-electron chi connectivity index (χ0n) is 13.2. The number of hydrogen-bond acceptors (Lipinski definition) is 1. The maximum Gasteiger partial charge on any atom is 0.127 e. The molecule has 1 aliphatic rings. The molecule has 0 saturated heterocycles. The van der Waals surface area contributed by atoms with Gasteiger partial charge in [0.05, 0.1) is 6.10 Å². The van der Waals surface area contributed by atoms with Crippen LogP contribution in [0.2, 0.25) is 0 Å². The Kier molecular flexibility index (Phi) is 5.48. The van der Waals surface area contributed by atoms with E-state index >= 15 is 0 Å². The molecule has 1 atom stereocenters. The van der Waals surface area contributed by atoms with Gasteiger partial charge in [-0.25, -0.2) is 4.39 Å². The van der Waals surface area contributed by atoms with Gasteiger partial charge in [-0.05, 0) is 60.6 Å². The van der Waals surface area contributed by atoms with Crippen LogP contribution in [0.25, 0.3) is 0 Å². The molecule has 1 N–H and O–H groups in total. The summed E-state index contributed by atoms with van der Waals surface area (Å²) in [6.07, 6.45) is 4.45. The van der Waals surface area contributed by atoms with E-state index < -0.39 is 6.10 Å². The zero-order chi connectivity index (χ0) is 15.6. The van der Waals surface area contributed by atoms with Crippen molar-refractivity contribution in [2.75, 3.05) is 0 Å². The molecule has 0 aliphatic heterocycles. The summed E-state index contributed by atoms with van der Waals surface area (Å²) in [7, 11) is 0. The van der Waals surface area contributed by atoms with Crippen LogP contribution in [0.4, 0.5) is 4.39 Å². The summed E-state index contributed by atoms with van der Waals surface area (Å²) < 4.78 is 14.6. The third-order valence-electron chi connectivity index (χ3n) is 4.98. The monoisotopic (exact) mass is 356 g/mol. The number of aliphatic hydroxyl groups excluding tert-OH is 1. The summed E-state index contributed by atoms with van der Waals surface area (Å²) in [4.78, 5) is 0. The lowest BCUT2D eigenvalue weighted by molar-refractivity contribution is 0.0532. The van der Waals surface area contributed by atoms with Crippen LogP contribution in [0.5, 0.6) is 0 Å². The molecule has 1 aliphatic carbocycles. The van der Waals surface area contributed by atoms with Gasteiger partial charge in [-0.2, -0.15) is 0 Å². The maximum absolute atomic E-state index is 13.9. The van der Waals surface area contributed by atoms with Crippen molar-refractivity contribution in [3.8, 4) is 0 Å². The first kappa shape index (κ1) is 17.0. The van der Waals surface area contributed by atoms with Crippen molar-refractivity contribution in [2.45, 2.75) is 59.0 Å². The summed E-state index contributed by atoms with van der Waals surface area (Å²) in [5.41, 5.74) is 0.969. The number of hydrogen-bond donors (Lipinski definition) is 1. The number of halogens is 2. The first-order chi connectivity index (χ1) is 9.77. The summed E-state index contributed by atoms with van der Waals surface area (Å²) in [5.74, 6) is 0.823. The lowest BCUT2D eigenvalue weighted by Gasteiger charge is -2.38. The van der Waals surface area contributed by atoms with Crippen LogP contribution in [0.3, 0.4) is 0 Å². The summed E-state index contributed by atoms with van der Waals surface area (Å²) in [6.45, 7) is 6.89.